The molecule has 0 aliphatic heterocycles. The molecule has 2 radical (unpaired) electrons. The molecule has 28 valence electrons. The molecule has 4 heteroatoms. The van der Waals surface area contributed by atoms with Gasteiger partial charge in [0.1, 0.15) is 0 Å². The first-order chi connectivity index (χ1) is 1.00. The average Bonchev–Trinajstić information content (AvgIpc) is 1.00. The van der Waals surface area contributed by atoms with Gasteiger partial charge in [-0.1, -0.05) is 0 Å². The van der Waals surface area contributed by atoms with Gasteiger partial charge in [-0.25, -0.2) is 0 Å². The molecule has 0 bridgehead atoms. The first-order valence-electron chi connectivity index (χ1n) is 0.289. The zero-order chi connectivity index (χ0) is 2.00. The molecule has 0 saturated carbocycles. The van der Waals surface area contributed by atoms with E-state index < -0.39 is 0 Å². The van der Waals surface area contributed by atoms with Gasteiger partial charge in [-0.05, 0) is 0 Å². The molecule has 0 aliphatic rings. The Morgan fingerprint density at radius 3 is 1.25 bits per heavy atom. The Morgan fingerprint density at radius 1 is 1.25 bits per heavy atom. The fraction of sp³-hybridized carbons (Fsp3) is 0. The zero-order valence-electron chi connectivity index (χ0n) is 1.79. The summed E-state index contributed by atoms with van der Waals surface area (Å²) < 4.78 is 8.28. The normalized spacial score (nSPS) is 0.750. The van der Waals surface area contributed by atoms with Crippen molar-refractivity contribution in [1.82, 2.24) is 0 Å². The van der Waals surface area contributed by atoms with Crippen LogP contribution in [-0.2, 0) is 37.9 Å². The molecule has 0 rings (SSSR count). The summed E-state index contributed by atoms with van der Waals surface area (Å²) in [6, 6.07) is 0. The molecule has 0 amide bonds. The first kappa shape index (κ1) is 18.3. The van der Waals surface area contributed by atoms with Gasteiger partial charge in [-0.2, -0.15) is 0 Å². The van der Waals surface area contributed by atoms with Crippen molar-refractivity contribution in [2.24, 2.45) is 0 Å². The second kappa shape index (κ2) is 26.4. The molecule has 0 fully saturated rings. The molecular weight excluding hydrogens is 161 g/mol. The van der Waals surface area contributed by atoms with Gasteiger partial charge in [-0.15, -0.1) is 0 Å². The summed E-state index contributed by atoms with van der Waals surface area (Å²) >= 11 is 0.611. The van der Waals surface area contributed by atoms with Crippen LogP contribution in [0.25, 0.3) is 0 Å². The Bertz CT molecular complexity index is 8.00. The number of hydrogen-bond acceptors (Lipinski definition) is 1. The molecule has 0 heterocycles. The number of hydrogen-bond donors (Lipinski definition) is 0. The summed E-state index contributed by atoms with van der Waals surface area (Å²) in [6.07, 6.45) is 0. The Labute approximate surface area is 54.1 Å². The van der Waals surface area contributed by atoms with Gasteiger partial charge in [-0.3, -0.25) is 0 Å². The molecule has 0 aromatic carbocycles. The van der Waals surface area contributed by atoms with Crippen molar-refractivity contribution in [2.75, 3.05) is 0 Å². The molecular formula is HAlCuMnO. The summed E-state index contributed by atoms with van der Waals surface area (Å²) in [7, 11) is 0. The van der Waals surface area contributed by atoms with Gasteiger partial charge >= 0.3 is 20.0 Å². The Kier molecular flexibility index (Phi) is 121. The predicted molar refractivity (Wildman–Crippen MR) is 7.84 cm³/mol. The molecule has 0 N–H and O–H groups in total. The molecule has 0 aromatic rings. The van der Waals surface area contributed by atoms with Crippen molar-refractivity contribution in [3.63, 3.8) is 0 Å². The Balaban J connectivity index is -0.00000000500. The van der Waals surface area contributed by atoms with Crippen molar-refractivity contribution < 1.29 is 37.9 Å². The van der Waals surface area contributed by atoms with Crippen LogP contribution in [0.5, 0.6) is 0 Å². The Hall–Kier alpha value is 1.37. The molecule has 0 atom stereocenters. The van der Waals surface area contributed by atoms with Gasteiger partial charge in [0.25, 0.3) is 0 Å². The van der Waals surface area contributed by atoms with Crippen LogP contribution in [-0.4, -0.2) is 16.2 Å². The predicted octanol–water partition coefficient (Wildman–Crippen LogP) is -0.772. The first-order valence-corrected chi connectivity index (χ1v) is 0.866. The molecule has 0 aliphatic carbocycles. The van der Waals surface area contributed by atoms with Crippen LogP contribution < -0.4 is 0 Å². The maximum atomic E-state index is 8.28. The van der Waals surface area contributed by atoms with E-state index in [0.29, 0.717) is 16.2 Å². The van der Waals surface area contributed by atoms with E-state index >= 15 is 0 Å². The minimum absolute atomic E-state index is 0. The van der Waals surface area contributed by atoms with E-state index in [1.165, 1.54) is 0 Å². The monoisotopic (exact) mass is 162 g/mol. The van der Waals surface area contributed by atoms with Crippen LogP contribution >= 0.6 is 0 Å². The van der Waals surface area contributed by atoms with Crippen LogP contribution in [0.15, 0.2) is 0 Å². The molecule has 0 aromatic heterocycles. The van der Waals surface area contributed by atoms with Crippen LogP contribution in [0.2, 0.25) is 0 Å². The SMILES string of the molecule is [Cu].[Mn].[O]=[AlH]. The zero-order valence-corrected chi connectivity index (χ0v) is 5.33. The van der Waals surface area contributed by atoms with Crippen molar-refractivity contribution >= 4 is 16.2 Å². The van der Waals surface area contributed by atoms with Crippen molar-refractivity contribution in [3.8, 4) is 0 Å². The van der Waals surface area contributed by atoms with E-state index in [4.69, 9.17) is 3.80 Å². The number of rotatable bonds is 0. The fourth-order valence-corrected chi connectivity index (χ4v) is 0. The third-order valence-electron chi connectivity index (χ3n) is 0. The summed E-state index contributed by atoms with van der Waals surface area (Å²) in [5, 5.41) is 0. The quantitative estimate of drug-likeness (QED) is 0.428. The molecule has 0 unspecified atom stereocenters. The van der Waals surface area contributed by atoms with E-state index in [2.05, 4.69) is 0 Å². The van der Waals surface area contributed by atoms with E-state index in [0.717, 1.165) is 0 Å². The van der Waals surface area contributed by atoms with Crippen LogP contribution in [0.4, 0.5) is 0 Å². The maximum absolute atomic E-state index is 8.28. The van der Waals surface area contributed by atoms with Gasteiger partial charge in [0.05, 0.1) is 0 Å². The average molecular weight is 162 g/mol. The molecule has 4 heavy (non-hydrogen) atoms. The summed E-state index contributed by atoms with van der Waals surface area (Å²) in [6.45, 7) is 0. The molecule has 1 nitrogen and oxygen atoms in total. The van der Waals surface area contributed by atoms with E-state index in [9.17, 15) is 0 Å². The second-order valence-electron chi connectivity index (χ2n) is 0. The van der Waals surface area contributed by atoms with Gasteiger partial charge in [0.2, 0.25) is 0 Å². The summed E-state index contributed by atoms with van der Waals surface area (Å²) in [4.78, 5) is 0. The molecule has 0 saturated heterocycles. The van der Waals surface area contributed by atoms with E-state index in [-0.39, 0.29) is 34.1 Å². The van der Waals surface area contributed by atoms with Crippen molar-refractivity contribution in [1.29, 1.82) is 0 Å². The van der Waals surface area contributed by atoms with E-state index in [1.54, 1.807) is 0 Å². The van der Waals surface area contributed by atoms with Crippen molar-refractivity contribution in [3.05, 3.63) is 0 Å². The molecule has 0 spiro atoms. The summed E-state index contributed by atoms with van der Waals surface area (Å²) in [5.74, 6) is 0. The summed E-state index contributed by atoms with van der Waals surface area (Å²) in [5.41, 5.74) is 0. The fourth-order valence-electron chi connectivity index (χ4n) is 0. The third kappa shape index (κ3) is 10.1. The van der Waals surface area contributed by atoms with Crippen LogP contribution in [0.3, 0.4) is 0 Å². The van der Waals surface area contributed by atoms with Crippen LogP contribution in [0.1, 0.15) is 0 Å². The van der Waals surface area contributed by atoms with Gasteiger partial charge in [0, 0.05) is 34.1 Å². The second-order valence-corrected chi connectivity index (χ2v) is 0. The third-order valence-corrected chi connectivity index (χ3v) is 0. The van der Waals surface area contributed by atoms with Gasteiger partial charge in [0.15, 0.2) is 0 Å². The standard InChI is InChI=1S/Al.Cu.Mn.O.H. The van der Waals surface area contributed by atoms with Crippen molar-refractivity contribution in [2.45, 2.75) is 0 Å². The Morgan fingerprint density at radius 2 is 1.25 bits per heavy atom. The topological polar surface area (TPSA) is 17.1 Å². The van der Waals surface area contributed by atoms with E-state index in [1.807, 2.05) is 0 Å². The van der Waals surface area contributed by atoms with Gasteiger partial charge < -0.3 is 0 Å². The minimum atomic E-state index is 0. The van der Waals surface area contributed by atoms with Crippen LogP contribution in [0, 0.1) is 0 Å².